The molecule has 5 rings (SSSR count). The Bertz CT molecular complexity index is 1290. The zero-order chi connectivity index (χ0) is 23.4. The van der Waals surface area contributed by atoms with E-state index in [0.717, 1.165) is 64.1 Å². The number of nitriles is 2. The van der Waals surface area contributed by atoms with Crippen molar-refractivity contribution in [3.63, 3.8) is 0 Å². The van der Waals surface area contributed by atoms with Gasteiger partial charge >= 0.3 is 0 Å². The molecule has 2 unspecified atom stereocenters. The Hall–Kier alpha value is -2.90. The van der Waals surface area contributed by atoms with Gasteiger partial charge in [0.05, 0.1) is 23.2 Å². The van der Waals surface area contributed by atoms with Gasteiger partial charge in [-0.3, -0.25) is 0 Å². The second-order valence-corrected chi connectivity index (χ2v) is 10.5. The van der Waals surface area contributed by atoms with Crippen LogP contribution in [0.1, 0.15) is 48.2 Å². The first-order chi connectivity index (χ1) is 15.8. The van der Waals surface area contributed by atoms with Crippen LogP contribution in [0.25, 0.3) is 16.7 Å². The lowest BCUT2D eigenvalue weighted by molar-refractivity contribution is 0.309. The van der Waals surface area contributed by atoms with Gasteiger partial charge in [-0.1, -0.05) is 15.9 Å². The second kappa shape index (κ2) is 8.15. The summed E-state index contributed by atoms with van der Waals surface area (Å²) < 4.78 is 3.30. The van der Waals surface area contributed by atoms with Crippen molar-refractivity contribution in [1.82, 2.24) is 14.5 Å². The normalized spacial score (nSPS) is 22.1. The van der Waals surface area contributed by atoms with E-state index in [4.69, 9.17) is 9.97 Å². The third-order valence-electron chi connectivity index (χ3n) is 7.39. The van der Waals surface area contributed by atoms with Crippen molar-refractivity contribution in [3.8, 4) is 17.8 Å². The molecule has 7 heteroatoms. The third kappa shape index (κ3) is 3.50. The van der Waals surface area contributed by atoms with Gasteiger partial charge in [-0.2, -0.15) is 10.5 Å². The van der Waals surface area contributed by atoms with Crippen molar-refractivity contribution in [2.45, 2.75) is 65.5 Å². The zero-order valence-electron chi connectivity index (χ0n) is 19.4. The number of aromatic nitrogens is 3. The number of benzene rings is 1. The molecule has 0 N–H and O–H groups in total. The maximum Gasteiger partial charge on any atom is 0.150 e. The highest BCUT2D eigenvalue weighted by Gasteiger charge is 2.44. The molecule has 0 amide bonds. The fourth-order valence-electron chi connectivity index (χ4n) is 6.11. The molecule has 6 nitrogen and oxygen atoms in total. The number of nitrogens with zero attached hydrogens (tertiary/aromatic N) is 6. The topological polar surface area (TPSA) is 81.5 Å². The molecule has 4 heterocycles. The van der Waals surface area contributed by atoms with Crippen molar-refractivity contribution in [1.29, 1.82) is 10.5 Å². The molecule has 0 spiro atoms. The average Bonchev–Trinajstić information content (AvgIpc) is 3.21. The number of fused-ring (bicyclic) bond motifs is 3. The molecule has 2 aromatic heterocycles. The van der Waals surface area contributed by atoms with Gasteiger partial charge in [-0.05, 0) is 88.1 Å². The van der Waals surface area contributed by atoms with Crippen LogP contribution in [0.3, 0.4) is 0 Å². The molecule has 1 aromatic carbocycles. The van der Waals surface area contributed by atoms with Crippen LogP contribution in [0.5, 0.6) is 0 Å². The Morgan fingerprint density at radius 2 is 1.58 bits per heavy atom. The maximum absolute atomic E-state index is 9.43. The summed E-state index contributed by atoms with van der Waals surface area (Å²) in [6, 6.07) is 9.35. The predicted octanol–water partition coefficient (Wildman–Crippen LogP) is 5.83. The fraction of sp³-hybridized carbons (Fsp3) is 0.462. The van der Waals surface area contributed by atoms with E-state index in [9.17, 15) is 10.5 Å². The Labute approximate surface area is 203 Å². The minimum Gasteiger partial charge on any atom is -0.350 e. The highest BCUT2D eigenvalue weighted by atomic mass is 79.9. The van der Waals surface area contributed by atoms with Gasteiger partial charge in [0.15, 0.2) is 5.65 Å². The molecule has 2 fully saturated rings. The predicted molar refractivity (Wildman–Crippen MR) is 132 cm³/mol. The van der Waals surface area contributed by atoms with Gasteiger partial charge in [-0.15, -0.1) is 0 Å². The largest absolute Gasteiger partial charge is 0.350 e. The molecule has 2 aliphatic heterocycles. The second-order valence-electron chi connectivity index (χ2n) is 9.62. The van der Waals surface area contributed by atoms with Crippen LogP contribution in [-0.4, -0.2) is 26.6 Å². The smallest absolute Gasteiger partial charge is 0.150 e. The van der Waals surface area contributed by atoms with E-state index in [0.29, 0.717) is 12.1 Å². The highest BCUT2D eigenvalue weighted by Crippen LogP contribution is 2.45. The summed E-state index contributed by atoms with van der Waals surface area (Å²) in [6.07, 6.45) is 6.09. The summed E-state index contributed by atoms with van der Waals surface area (Å²) in [7, 11) is 0. The minimum atomic E-state index is -0.520. The summed E-state index contributed by atoms with van der Waals surface area (Å²) in [5.74, 6) is 1.40. The van der Waals surface area contributed by atoms with Crippen molar-refractivity contribution in [2.24, 2.45) is 11.8 Å². The first-order valence-electron chi connectivity index (χ1n) is 11.5. The summed E-state index contributed by atoms with van der Waals surface area (Å²) >= 11 is 3.61. The summed E-state index contributed by atoms with van der Waals surface area (Å²) in [5.41, 5.74) is 5.65. The first-order valence-corrected chi connectivity index (χ1v) is 12.3. The Kier molecular flexibility index (Phi) is 5.41. The molecular weight excluding hydrogens is 476 g/mol. The maximum atomic E-state index is 9.43. The number of hydrogen-bond acceptors (Lipinski definition) is 5. The molecular formula is C26H27BrN6. The lowest BCUT2D eigenvalue weighted by Crippen LogP contribution is -2.45. The standard InChI is InChI=1S/C26H27BrN6/c1-14-7-20(27)8-15(2)24(14)32-13-16(3)23-25(32)30-17(4)31-26(23)33-21-5-6-22(33)10-18(9-21)19(11-28)12-29/h7-8,13,18-19,21-22H,5-6,9-10H2,1-4H3. The van der Waals surface area contributed by atoms with Crippen LogP contribution < -0.4 is 4.90 Å². The van der Waals surface area contributed by atoms with E-state index in [1.165, 1.54) is 11.1 Å². The monoisotopic (exact) mass is 502 g/mol. The number of halogens is 1. The Morgan fingerprint density at radius 3 is 2.15 bits per heavy atom. The Morgan fingerprint density at radius 1 is 0.970 bits per heavy atom. The van der Waals surface area contributed by atoms with Crippen LogP contribution in [0.4, 0.5) is 5.82 Å². The van der Waals surface area contributed by atoms with Crippen LogP contribution in [0.15, 0.2) is 22.8 Å². The van der Waals surface area contributed by atoms with Gasteiger partial charge < -0.3 is 9.47 Å². The highest BCUT2D eigenvalue weighted by molar-refractivity contribution is 9.10. The molecule has 2 bridgehead atoms. The number of aryl methyl sites for hydroxylation is 4. The van der Waals surface area contributed by atoms with E-state index in [2.05, 4.69) is 76.6 Å². The van der Waals surface area contributed by atoms with E-state index in [1.807, 2.05) is 6.92 Å². The summed E-state index contributed by atoms with van der Waals surface area (Å²) in [5, 5.41) is 20.0. The SMILES string of the molecule is Cc1nc(N2C3CCC2CC(C(C#N)C#N)C3)c2c(C)cn(-c3c(C)cc(Br)cc3C)c2n1. The third-order valence-corrected chi connectivity index (χ3v) is 7.85. The number of anilines is 1. The molecule has 2 atom stereocenters. The van der Waals surface area contributed by atoms with Crippen molar-refractivity contribution >= 4 is 32.8 Å². The molecule has 2 saturated heterocycles. The van der Waals surface area contributed by atoms with Crippen molar-refractivity contribution in [3.05, 3.63) is 45.3 Å². The minimum absolute atomic E-state index is 0.144. The van der Waals surface area contributed by atoms with Crippen LogP contribution >= 0.6 is 15.9 Å². The van der Waals surface area contributed by atoms with Gasteiger partial charge in [0.25, 0.3) is 0 Å². The van der Waals surface area contributed by atoms with E-state index in [-0.39, 0.29) is 5.92 Å². The number of piperidine rings is 1. The molecule has 33 heavy (non-hydrogen) atoms. The fourth-order valence-corrected chi connectivity index (χ4v) is 6.79. The molecule has 0 aliphatic carbocycles. The molecule has 0 radical (unpaired) electrons. The molecule has 2 aliphatic rings. The molecule has 168 valence electrons. The Balaban J connectivity index is 1.64. The lowest BCUT2D eigenvalue weighted by Gasteiger charge is -2.40. The number of rotatable bonds is 3. The van der Waals surface area contributed by atoms with Crippen LogP contribution in [0.2, 0.25) is 0 Å². The van der Waals surface area contributed by atoms with E-state index >= 15 is 0 Å². The van der Waals surface area contributed by atoms with E-state index < -0.39 is 5.92 Å². The van der Waals surface area contributed by atoms with E-state index in [1.54, 1.807) is 0 Å². The van der Waals surface area contributed by atoms with Gasteiger partial charge in [0.1, 0.15) is 17.6 Å². The van der Waals surface area contributed by atoms with Gasteiger partial charge in [-0.25, -0.2) is 9.97 Å². The van der Waals surface area contributed by atoms with Crippen LogP contribution in [-0.2, 0) is 0 Å². The van der Waals surface area contributed by atoms with Crippen molar-refractivity contribution < 1.29 is 0 Å². The molecule has 0 saturated carbocycles. The molecule has 3 aromatic rings. The van der Waals surface area contributed by atoms with Gasteiger partial charge in [0.2, 0.25) is 0 Å². The zero-order valence-corrected chi connectivity index (χ0v) is 21.0. The lowest BCUT2D eigenvalue weighted by atomic mass is 9.82. The van der Waals surface area contributed by atoms with Gasteiger partial charge in [0, 0.05) is 22.8 Å². The van der Waals surface area contributed by atoms with Crippen LogP contribution in [0, 0.1) is 62.2 Å². The first kappa shape index (κ1) is 21.9. The average molecular weight is 503 g/mol. The quantitative estimate of drug-likeness (QED) is 0.450. The number of hydrogen-bond donors (Lipinski definition) is 0. The summed E-state index contributed by atoms with van der Waals surface area (Å²) in [6.45, 7) is 8.37. The summed E-state index contributed by atoms with van der Waals surface area (Å²) in [4.78, 5) is 12.4. The van der Waals surface area contributed by atoms with Crippen molar-refractivity contribution in [2.75, 3.05) is 4.90 Å².